The number of rotatable bonds is 4. The zero-order valence-electron chi connectivity index (χ0n) is 9.81. The van der Waals surface area contributed by atoms with Crippen LogP contribution < -0.4 is 15.8 Å². The van der Waals surface area contributed by atoms with Gasteiger partial charge in [-0.1, -0.05) is 12.1 Å². The molecule has 0 aromatic heterocycles. The number of methoxy groups -OCH3 is 1. The van der Waals surface area contributed by atoms with Crippen LogP contribution in [0.15, 0.2) is 48.5 Å². The van der Waals surface area contributed by atoms with Gasteiger partial charge in [0, 0.05) is 17.9 Å². The van der Waals surface area contributed by atoms with E-state index in [1.165, 1.54) is 0 Å². The third kappa shape index (κ3) is 2.98. The van der Waals surface area contributed by atoms with Crippen molar-refractivity contribution in [3.63, 3.8) is 0 Å². The van der Waals surface area contributed by atoms with Crippen LogP contribution in [0.5, 0.6) is 5.75 Å². The molecule has 0 radical (unpaired) electrons. The molecule has 17 heavy (non-hydrogen) atoms. The Bertz CT molecular complexity index is 480. The monoisotopic (exact) mass is 228 g/mol. The first kappa shape index (κ1) is 11.5. The number of nitrogens with one attached hydrogen (secondary N) is 1. The van der Waals surface area contributed by atoms with Crippen molar-refractivity contribution >= 4 is 11.4 Å². The van der Waals surface area contributed by atoms with Gasteiger partial charge in [0.1, 0.15) is 5.75 Å². The van der Waals surface area contributed by atoms with Gasteiger partial charge in [0.05, 0.1) is 7.11 Å². The zero-order chi connectivity index (χ0) is 12.1. The number of anilines is 2. The van der Waals surface area contributed by atoms with Crippen LogP contribution in [0.3, 0.4) is 0 Å². The number of nitrogens with two attached hydrogens (primary N) is 1. The maximum Gasteiger partial charge on any atom is 0.119 e. The van der Waals surface area contributed by atoms with E-state index in [9.17, 15) is 0 Å². The molecular weight excluding hydrogens is 212 g/mol. The highest BCUT2D eigenvalue weighted by Gasteiger charge is 1.96. The van der Waals surface area contributed by atoms with E-state index < -0.39 is 0 Å². The van der Waals surface area contributed by atoms with E-state index in [2.05, 4.69) is 5.32 Å². The first-order valence-electron chi connectivity index (χ1n) is 5.52. The summed E-state index contributed by atoms with van der Waals surface area (Å²) in [5, 5.41) is 3.32. The lowest BCUT2D eigenvalue weighted by molar-refractivity contribution is 0.415. The Morgan fingerprint density at radius 2 is 1.82 bits per heavy atom. The Hall–Kier alpha value is -2.00. The quantitative estimate of drug-likeness (QED) is 0.845. The summed E-state index contributed by atoms with van der Waals surface area (Å²) in [5.41, 5.74) is 8.79. The van der Waals surface area contributed by atoms with Crippen LogP contribution in [0.25, 0.3) is 0 Å². The van der Waals surface area contributed by atoms with Crippen LogP contribution in [-0.4, -0.2) is 7.11 Å². The number of ether oxygens (including phenoxy) is 1. The third-order valence-corrected chi connectivity index (χ3v) is 2.54. The van der Waals surface area contributed by atoms with Crippen LogP contribution in [0.1, 0.15) is 5.56 Å². The summed E-state index contributed by atoms with van der Waals surface area (Å²) < 4.78 is 5.11. The lowest BCUT2D eigenvalue weighted by Crippen LogP contribution is -1.97. The highest BCUT2D eigenvalue weighted by atomic mass is 16.5. The summed E-state index contributed by atoms with van der Waals surface area (Å²) in [4.78, 5) is 0. The fourth-order valence-electron chi connectivity index (χ4n) is 1.62. The number of benzene rings is 2. The van der Waals surface area contributed by atoms with Crippen molar-refractivity contribution in [2.75, 3.05) is 12.4 Å². The zero-order valence-corrected chi connectivity index (χ0v) is 9.81. The summed E-state index contributed by atoms with van der Waals surface area (Å²) >= 11 is 0. The topological polar surface area (TPSA) is 47.3 Å². The Balaban J connectivity index is 2.13. The van der Waals surface area contributed by atoms with Gasteiger partial charge in [-0.3, -0.25) is 0 Å². The van der Waals surface area contributed by atoms with Crippen molar-refractivity contribution < 1.29 is 4.74 Å². The van der Waals surface area contributed by atoms with Gasteiger partial charge in [-0.25, -0.2) is 0 Å². The van der Waals surface area contributed by atoms with Crippen molar-refractivity contribution in [3.05, 3.63) is 54.1 Å². The first-order valence-corrected chi connectivity index (χ1v) is 5.52. The molecule has 3 heteroatoms. The van der Waals surface area contributed by atoms with Crippen LogP contribution in [0, 0.1) is 0 Å². The van der Waals surface area contributed by atoms with Gasteiger partial charge < -0.3 is 15.8 Å². The Morgan fingerprint density at radius 1 is 1.06 bits per heavy atom. The lowest BCUT2D eigenvalue weighted by Gasteiger charge is -2.08. The second-order valence-corrected chi connectivity index (χ2v) is 3.76. The van der Waals surface area contributed by atoms with Crippen molar-refractivity contribution in [3.8, 4) is 5.75 Å². The van der Waals surface area contributed by atoms with Gasteiger partial charge in [0.15, 0.2) is 0 Å². The molecule has 0 amide bonds. The molecule has 0 spiro atoms. The largest absolute Gasteiger partial charge is 0.497 e. The predicted molar refractivity (Wildman–Crippen MR) is 70.6 cm³/mol. The van der Waals surface area contributed by atoms with Crippen LogP contribution in [-0.2, 0) is 6.54 Å². The van der Waals surface area contributed by atoms with Gasteiger partial charge in [-0.2, -0.15) is 0 Å². The molecule has 0 bridgehead atoms. The standard InChI is InChI=1S/C14H16N2O/c1-17-14-7-5-12(6-8-14)16-13-4-2-3-11(9-13)10-15/h2-9,16H,10,15H2,1H3. The second-order valence-electron chi connectivity index (χ2n) is 3.76. The highest BCUT2D eigenvalue weighted by molar-refractivity contribution is 5.60. The molecule has 0 fully saturated rings. The molecule has 0 atom stereocenters. The summed E-state index contributed by atoms with van der Waals surface area (Å²) in [6, 6.07) is 15.9. The SMILES string of the molecule is COc1ccc(Nc2cccc(CN)c2)cc1. The highest BCUT2D eigenvalue weighted by Crippen LogP contribution is 2.20. The van der Waals surface area contributed by atoms with Gasteiger partial charge in [0.2, 0.25) is 0 Å². The van der Waals surface area contributed by atoms with Crippen LogP contribution in [0.2, 0.25) is 0 Å². The molecule has 0 aliphatic rings. The maximum absolute atomic E-state index is 5.61. The molecule has 2 aromatic rings. The molecule has 0 unspecified atom stereocenters. The summed E-state index contributed by atoms with van der Waals surface area (Å²) in [6.45, 7) is 0.554. The molecular formula is C14H16N2O. The average Bonchev–Trinajstić information content (AvgIpc) is 2.40. The number of hydrogen-bond donors (Lipinski definition) is 2. The van der Waals surface area contributed by atoms with Crippen molar-refractivity contribution in [1.29, 1.82) is 0 Å². The molecule has 0 aliphatic heterocycles. The van der Waals surface area contributed by atoms with Crippen molar-refractivity contribution in [2.24, 2.45) is 5.73 Å². The molecule has 2 aromatic carbocycles. The van der Waals surface area contributed by atoms with Gasteiger partial charge in [-0.15, -0.1) is 0 Å². The maximum atomic E-state index is 5.61. The molecule has 0 saturated carbocycles. The molecule has 0 saturated heterocycles. The third-order valence-electron chi connectivity index (χ3n) is 2.54. The minimum absolute atomic E-state index is 0.554. The van der Waals surface area contributed by atoms with E-state index in [0.717, 1.165) is 22.7 Å². The van der Waals surface area contributed by atoms with E-state index in [0.29, 0.717) is 6.54 Å². The Kier molecular flexibility index (Phi) is 3.62. The van der Waals surface area contributed by atoms with Crippen LogP contribution >= 0.6 is 0 Å². The van der Waals surface area contributed by atoms with E-state index in [1.807, 2.05) is 48.5 Å². The van der Waals surface area contributed by atoms with Crippen LogP contribution in [0.4, 0.5) is 11.4 Å². The number of hydrogen-bond acceptors (Lipinski definition) is 3. The molecule has 3 N–H and O–H groups in total. The van der Waals surface area contributed by atoms with E-state index in [-0.39, 0.29) is 0 Å². The van der Waals surface area contributed by atoms with E-state index in [4.69, 9.17) is 10.5 Å². The minimum Gasteiger partial charge on any atom is -0.497 e. The first-order chi connectivity index (χ1) is 8.31. The fraction of sp³-hybridized carbons (Fsp3) is 0.143. The van der Waals surface area contributed by atoms with Crippen molar-refractivity contribution in [1.82, 2.24) is 0 Å². The fourth-order valence-corrected chi connectivity index (χ4v) is 1.62. The van der Waals surface area contributed by atoms with Crippen molar-refractivity contribution in [2.45, 2.75) is 6.54 Å². The molecule has 0 aliphatic carbocycles. The summed E-state index contributed by atoms with van der Waals surface area (Å²) in [6.07, 6.45) is 0. The predicted octanol–water partition coefficient (Wildman–Crippen LogP) is 2.90. The smallest absolute Gasteiger partial charge is 0.119 e. The van der Waals surface area contributed by atoms with E-state index in [1.54, 1.807) is 7.11 Å². The van der Waals surface area contributed by atoms with Gasteiger partial charge >= 0.3 is 0 Å². The average molecular weight is 228 g/mol. The molecule has 0 heterocycles. The van der Waals surface area contributed by atoms with Gasteiger partial charge in [-0.05, 0) is 42.0 Å². The molecule has 3 nitrogen and oxygen atoms in total. The molecule has 88 valence electrons. The second kappa shape index (κ2) is 5.37. The molecule has 2 rings (SSSR count). The Morgan fingerprint density at radius 3 is 2.47 bits per heavy atom. The Labute approximate surface area is 101 Å². The lowest BCUT2D eigenvalue weighted by atomic mass is 10.2. The summed E-state index contributed by atoms with van der Waals surface area (Å²) in [7, 11) is 1.66. The van der Waals surface area contributed by atoms with E-state index >= 15 is 0 Å². The normalized spacial score (nSPS) is 10.0. The van der Waals surface area contributed by atoms with Gasteiger partial charge in [0.25, 0.3) is 0 Å². The summed E-state index contributed by atoms with van der Waals surface area (Å²) in [5.74, 6) is 0.853. The minimum atomic E-state index is 0.554.